The molecule has 1 aromatic heterocycles. The van der Waals surface area contributed by atoms with Crippen molar-refractivity contribution in [1.82, 2.24) is 14.9 Å². The monoisotopic (exact) mass is 421 g/mol. The number of para-hydroxylation sites is 1. The number of nitrogens with one attached hydrogen (secondary N) is 1. The Morgan fingerprint density at radius 2 is 1.77 bits per heavy atom. The molecule has 0 spiro atoms. The molecule has 2 amide bonds. The predicted octanol–water partition coefficient (Wildman–Crippen LogP) is 2.86. The number of nitriles is 1. The van der Waals surface area contributed by atoms with Gasteiger partial charge in [0, 0.05) is 5.69 Å². The Labute approximate surface area is 180 Å². The van der Waals surface area contributed by atoms with E-state index in [1.54, 1.807) is 29.6 Å². The minimum atomic E-state index is -0.347. The van der Waals surface area contributed by atoms with Gasteiger partial charge in [-0.2, -0.15) is 5.26 Å². The van der Waals surface area contributed by atoms with Gasteiger partial charge < -0.3 is 14.8 Å². The van der Waals surface area contributed by atoms with Gasteiger partial charge in [-0.1, -0.05) is 30.3 Å². The number of halogens is 1. The number of amides is 2. The summed E-state index contributed by atoms with van der Waals surface area (Å²) >= 11 is 0. The van der Waals surface area contributed by atoms with Crippen LogP contribution in [0.1, 0.15) is 22.9 Å². The molecule has 30 heavy (non-hydrogen) atoms. The van der Waals surface area contributed by atoms with Gasteiger partial charge in [-0.3, -0.25) is 9.59 Å². The van der Waals surface area contributed by atoms with Gasteiger partial charge >= 0.3 is 0 Å². The van der Waals surface area contributed by atoms with Crippen LogP contribution in [0.3, 0.4) is 0 Å². The highest BCUT2D eigenvalue weighted by Gasteiger charge is 2.36. The molecule has 1 aliphatic rings. The number of aromatic amines is 1. The fourth-order valence-corrected chi connectivity index (χ4v) is 3.54. The second-order valence-corrected chi connectivity index (χ2v) is 6.87. The molecular weight excluding hydrogens is 402 g/mol. The number of hydrogen-bond donors (Lipinski definition) is 1. The topological polar surface area (TPSA) is 93.1 Å². The van der Waals surface area contributed by atoms with E-state index in [4.69, 9.17) is 5.26 Å². The Bertz CT molecular complexity index is 1050. The Kier molecular flexibility index (Phi) is 6.50. The largest absolute Gasteiger partial charge is 0.347 e. The Morgan fingerprint density at radius 1 is 1.03 bits per heavy atom. The van der Waals surface area contributed by atoms with E-state index in [0.717, 1.165) is 16.9 Å². The summed E-state index contributed by atoms with van der Waals surface area (Å²) in [6, 6.07) is 18.2. The van der Waals surface area contributed by atoms with E-state index in [1.165, 1.54) is 4.90 Å². The van der Waals surface area contributed by atoms with E-state index < -0.39 is 0 Å². The summed E-state index contributed by atoms with van der Waals surface area (Å²) in [6.45, 7) is -0.00541. The molecule has 0 bridgehead atoms. The molecule has 1 aliphatic heterocycles. The lowest BCUT2D eigenvalue weighted by molar-refractivity contribution is -0.140. The van der Waals surface area contributed by atoms with Crippen molar-refractivity contribution in [2.75, 3.05) is 18.0 Å². The summed E-state index contributed by atoms with van der Waals surface area (Å²) in [4.78, 5) is 36.1. The molecule has 1 unspecified atom stereocenters. The van der Waals surface area contributed by atoms with Crippen LogP contribution in [0.5, 0.6) is 0 Å². The lowest BCUT2D eigenvalue weighted by atomic mass is 10.00. The Hall–Kier alpha value is -3.63. The van der Waals surface area contributed by atoms with Gasteiger partial charge in [-0.15, -0.1) is 12.4 Å². The Balaban J connectivity index is 0.00000256. The van der Waals surface area contributed by atoms with E-state index in [0.29, 0.717) is 12.0 Å². The molecule has 2 aromatic carbocycles. The first kappa shape index (κ1) is 21.1. The fourth-order valence-electron chi connectivity index (χ4n) is 3.54. The van der Waals surface area contributed by atoms with Gasteiger partial charge in [0.15, 0.2) is 0 Å². The van der Waals surface area contributed by atoms with Crippen LogP contribution in [0.4, 0.5) is 5.69 Å². The van der Waals surface area contributed by atoms with Gasteiger partial charge in [0.2, 0.25) is 11.8 Å². The number of anilines is 1. The molecule has 1 saturated heterocycles. The number of benzene rings is 2. The number of aromatic nitrogens is 2. The highest BCUT2D eigenvalue weighted by atomic mass is 35.5. The van der Waals surface area contributed by atoms with Crippen molar-refractivity contribution < 1.29 is 9.59 Å². The number of carbonyl (C=O) groups is 2. The molecule has 0 saturated carbocycles. The number of nitrogens with zero attached hydrogens (tertiary/aromatic N) is 4. The van der Waals surface area contributed by atoms with Crippen molar-refractivity contribution in [3.05, 3.63) is 83.9 Å². The molecule has 152 valence electrons. The van der Waals surface area contributed by atoms with Crippen molar-refractivity contribution in [1.29, 1.82) is 5.26 Å². The molecule has 1 N–H and O–H groups in total. The smallest absolute Gasteiger partial charge is 0.247 e. The first-order valence-electron chi connectivity index (χ1n) is 9.28. The summed E-state index contributed by atoms with van der Waals surface area (Å²) in [5.41, 5.74) is 3.03. The van der Waals surface area contributed by atoms with Crippen molar-refractivity contribution in [2.45, 2.75) is 12.5 Å². The van der Waals surface area contributed by atoms with Crippen LogP contribution in [0.25, 0.3) is 0 Å². The van der Waals surface area contributed by atoms with Crippen molar-refractivity contribution in [3.63, 3.8) is 0 Å². The van der Waals surface area contributed by atoms with Crippen molar-refractivity contribution in [3.8, 4) is 6.07 Å². The lowest BCUT2D eigenvalue weighted by Crippen LogP contribution is -2.55. The zero-order valence-corrected chi connectivity index (χ0v) is 16.9. The van der Waals surface area contributed by atoms with Crippen LogP contribution < -0.4 is 4.90 Å². The molecule has 1 atom stereocenters. The molecule has 0 aliphatic carbocycles. The summed E-state index contributed by atoms with van der Waals surface area (Å²) in [6.07, 6.45) is 3.75. The van der Waals surface area contributed by atoms with Crippen molar-refractivity contribution >= 4 is 29.9 Å². The molecular formula is C22H20ClN5O2. The molecule has 8 heteroatoms. The summed E-state index contributed by atoms with van der Waals surface area (Å²) < 4.78 is 0. The van der Waals surface area contributed by atoms with Crippen LogP contribution in [0.15, 0.2) is 67.1 Å². The SMILES string of the molecule is Cl.N#Cc1ccc(CC(c2cnc[nH]2)N2CC(=O)N(c3ccccc3)CC2=O)cc1. The normalized spacial score (nSPS) is 14.8. The number of hydrogen-bond acceptors (Lipinski definition) is 4. The third kappa shape index (κ3) is 4.34. The van der Waals surface area contributed by atoms with Crippen LogP contribution >= 0.6 is 12.4 Å². The van der Waals surface area contributed by atoms with Crippen LogP contribution in [-0.2, 0) is 16.0 Å². The van der Waals surface area contributed by atoms with Gasteiger partial charge in [-0.25, -0.2) is 4.98 Å². The highest BCUT2D eigenvalue weighted by molar-refractivity contribution is 6.04. The number of carbonyl (C=O) groups excluding carboxylic acids is 2. The summed E-state index contributed by atoms with van der Waals surface area (Å²) in [5, 5.41) is 8.99. The second kappa shape index (κ2) is 9.25. The molecule has 2 heterocycles. The molecule has 1 fully saturated rings. The first-order valence-corrected chi connectivity index (χ1v) is 9.28. The zero-order chi connectivity index (χ0) is 20.2. The third-order valence-corrected chi connectivity index (χ3v) is 5.05. The Morgan fingerprint density at radius 3 is 2.40 bits per heavy atom. The van der Waals surface area contributed by atoms with Gasteiger partial charge in [0.05, 0.1) is 35.9 Å². The molecule has 3 aromatic rings. The molecule has 7 nitrogen and oxygen atoms in total. The van der Waals surface area contributed by atoms with Gasteiger partial charge in [0.1, 0.15) is 13.1 Å². The second-order valence-electron chi connectivity index (χ2n) is 6.87. The molecule has 4 rings (SSSR count). The van der Waals surface area contributed by atoms with E-state index in [1.807, 2.05) is 42.5 Å². The molecule has 0 radical (unpaired) electrons. The quantitative estimate of drug-likeness (QED) is 0.685. The lowest BCUT2D eigenvalue weighted by Gasteiger charge is -2.38. The van der Waals surface area contributed by atoms with E-state index in [9.17, 15) is 9.59 Å². The highest BCUT2D eigenvalue weighted by Crippen LogP contribution is 2.27. The van der Waals surface area contributed by atoms with Crippen LogP contribution in [-0.4, -0.2) is 39.8 Å². The summed E-state index contributed by atoms with van der Waals surface area (Å²) in [7, 11) is 0. The van der Waals surface area contributed by atoms with Gasteiger partial charge in [-0.05, 0) is 36.2 Å². The number of imidazole rings is 1. The fraction of sp³-hybridized carbons (Fsp3) is 0.182. The average molecular weight is 422 g/mol. The maximum Gasteiger partial charge on any atom is 0.247 e. The maximum absolute atomic E-state index is 13.0. The maximum atomic E-state index is 13.0. The minimum Gasteiger partial charge on any atom is -0.347 e. The number of piperazine rings is 1. The van der Waals surface area contributed by atoms with E-state index >= 15 is 0 Å². The van der Waals surface area contributed by atoms with Crippen molar-refractivity contribution in [2.24, 2.45) is 0 Å². The third-order valence-electron chi connectivity index (χ3n) is 5.05. The van der Waals surface area contributed by atoms with Crippen LogP contribution in [0, 0.1) is 11.3 Å². The van der Waals surface area contributed by atoms with E-state index in [-0.39, 0.29) is 43.4 Å². The average Bonchev–Trinajstić information content (AvgIpc) is 3.29. The standard InChI is InChI=1S/C22H19N5O2.ClH/c23-11-17-8-6-16(7-9-17)10-20(19-12-24-15-25-19)27-14-21(28)26(13-22(27)29)18-4-2-1-3-5-18;/h1-9,12,15,20H,10,13-14H2,(H,24,25);1H. The first-order chi connectivity index (χ1) is 14.2. The number of H-pyrrole nitrogens is 1. The number of rotatable bonds is 5. The van der Waals surface area contributed by atoms with Gasteiger partial charge in [0.25, 0.3) is 0 Å². The predicted molar refractivity (Wildman–Crippen MR) is 114 cm³/mol. The van der Waals surface area contributed by atoms with Crippen LogP contribution in [0.2, 0.25) is 0 Å². The van der Waals surface area contributed by atoms with E-state index in [2.05, 4.69) is 16.0 Å². The summed E-state index contributed by atoms with van der Waals surface area (Å²) in [5.74, 6) is -0.248. The zero-order valence-electron chi connectivity index (χ0n) is 16.1. The minimum absolute atomic E-state index is 0.